The fourth-order valence-electron chi connectivity index (χ4n) is 4.56. The van der Waals surface area contributed by atoms with Crippen LogP contribution in [0.3, 0.4) is 0 Å². The van der Waals surface area contributed by atoms with E-state index in [2.05, 4.69) is 35.5 Å². The summed E-state index contributed by atoms with van der Waals surface area (Å²) in [6.07, 6.45) is 5.92. The number of rotatable bonds is 6. The standard InChI is InChI=1S/C25H21FN10O3/c1-39-17-14-30-21(15-5-6-18(26)28-12-15)22-20(17)16(13-29-22)23(37)24(38)34-8-10-35(11-9-34)25-31-32-33-36(25)19-4-2-3-7-27-19/h2-7,12-14,29H,8-11H2,1H3. The Kier molecular flexibility index (Phi) is 6.11. The van der Waals surface area contributed by atoms with Crippen LogP contribution in [-0.4, -0.2) is 90.0 Å². The summed E-state index contributed by atoms with van der Waals surface area (Å²) in [6.45, 7) is 1.45. The fraction of sp³-hybridized carbons (Fsp3) is 0.200. The first-order valence-electron chi connectivity index (χ1n) is 12.0. The number of H-pyrrole nitrogens is 1. The molecule has 39 heavy (non-hydrogen) atoms. The molecule has 13 nitrogen and oxygen atoms in total. The number of fused-ring (bicyclic) bond motifs is 1. The predicted octanol–water partition coefficient (Wildman–Crippen LogP) is 1.67. The summed E-state index contributed by atoms with van der Waals surface area (Å²) in [4.78, 5) is 45.6. The second-order valence-electron chi connectivity index (χ2n) is 8.68. The van der Waals surface area contributed by atoms with Crippen LogP contribution in [0.25, 0.3) is 28.0 Å². The fourth-order valence-corrected chi connectivity index (χ4v) is 4.56. The Hall–Kier alpha value is -5.27. The zero-order valence-corrected chi connectivity index (χ0v) is 20.7. The molecule has 6 rings (SSSR count). The lowest BCUT2D eigenvalue weighted by molar-refractivity contribution is -0.126. The van der Waals surface area contributed by atoms with Gasteiger partial charge < -0.3 is 19.5 Å². The maximum atomic E-state index is 13.4. The molecule has 1 fully saturated rings. The van der Waals surface area contributed by atoms with E-state index in [0.29, 0.717) is 65.9 Å². The van der Waals surface area contributed by atoms with Crippen LogP contribution in [0, 0.1) is 5.95 Å². The molecule has 14 heteroatoms. The number of ketones is 1. The molecular formula is C25H21FN10O3. The summed E-state index contributed by atoms with van der Waals surface area (Å²) in [5.74, 6) is -0.532. The zero-order chi connectivity index (χ0) is 26.9. The lowest BCUT2D eigenvalue weighted by Crippen LogP contribution is -2.51. The van der Waals surface area contributed by atoms with Gasteiger partial charge in [0, 0.05) is 50.3 Å². The molecular weight excluding hydrogens is 507 g/mol. The van der Waals surface area contributed by atoms with Crippen molar-refractivity contribution >= 4 is 28.5 Å². The molecule has 1 saturated heterocycles. The topological polar surface area (TPSA) is 148 Å². The van der Waals surface area contributed by atoms with E-state index in [1.54, 1.807) is 18.3 Å². The molecule has 1 amide bonds. The Morgan fingerprint density at radius 1 is 1.03 bits per heavy atom. The van der Waals surface area contributed by atoms with Gasteiger partial charge in [-0.3, -0.25) is 14.6 Å². The minimum atomic E-state index is -0.680. The SMILES string of the molecule is COc1cnc(-c2ccc(F)nc2)c2[nH]cc(C(=O)C(=O)N3CCN(c4nnnn4-c4ccccn4)CC3)c12. The molecule has 0 atom stereocenters. The number of ether oxygens (including phenoxy) is 1. The lowest BCUT2D eigenvalue weighted by atomic mass is 10.1. The van der Waals surface area contributed by atoms with Gasteiger partial charge in [-0.1, -0.05) is 11.2 Å². The molecule has 5 aromatic rings. The number of hydrogen-bond acceptors (Lipinski definition) is 10. The predicted molar refractivity (Wildman–Crippen MR) is 136 cm³/mol. The molecule has 0 aromatic carbocycles. The number of Topliss-reactive ketones (excluding diaryl/α,β-unsaturated/α-hetero) is 1. The number of hydrogen-bond donors (Lipinski definition) is 1. The largest absolute Gasteiger partial charge is 0.494 e. The van der Waals surface area contributed by atoms with Gasteiger partial charge in [-0.25, -0.2) is 9.97 Å². The summed E-state index contributed by atoms with van der Waals surface area (Å²) in [5, 5.41) is 12.3. The number of halogens is 1. The van der Waals surface area contributed by atoms with E-state index >= 15 is 0 Å². The van der Waals surface area contributed by atoms with Crippen LogP contribution in [0.15, 0.2) is 55.1 Å². The highest BCUT2D eigenvalue weighted by atomic mass is 19.1. The van der Waals surface area contributed by atoms with Crippen molar-refractivity contribution in [3.8, 4) is 22.8 Å². The lowest BCUT2D eigenvalue weighted by Gasteiger charge is -2.34. The summed E-state index contributed by atoms with van der Waals surface area (Å²) < 4.78 is 20.3. The average Bonchev–Trinajstić information content (AvgIpc) is 3.65. The first-order valence-corrected chi connectivity index (χ1v) is 12.0. The van der Waals surface area contributed by atoms with Gasteiger partial charge in [0.05, 0.1) is 35.5 Å². The van der Waals surface area contributed by atoms with Crippen LogP contribution in [0.5, 0.6) is 5.75 Å². The van der Waals surface area contributed by atoms with Crippen molar-refractivity contribution in [2.45, 2.75) is 0 Å². The van der Waals surface area contributed by atoms with E-state index < -0.39 is 17.6 Å². The van der Waals surface area contributed by atoms with Gasteiger partial charge in [-0.2, -0.15) is 9.07 Å². The third kappa shape index (κ3) is 4.31. The van der Waals surface area contributed by atoms with Gasteiger partial charge in [0.25, 0.3) is 17.6 Å². The van der Waals surface area contributed by atoms with Crippen LogP contribution in [0.1, 0.15) is 10.4 Å². The van der Waals surface area contributed by atoms with Crippen LogP contribution in [-0.2, 0) is 4.79 Å². The molecule has 0 saturated carbocycles. The maximum Gasteiger partial charge on any atom is 0.295 e. The minimum absolute atomic E-state index is 0.159. The molecule has 0 spiro atoms. The van der Waals surface area contributed by atoms with E-state index in [1.165, 1.54) is 47.4 Å². The van der Waals surface area contributed by atoms with Crippen molar-refractivity contribution in [1.82, 2.24) is 45.0 Å². The molecule has 5 aromatic heterocycles. The second kappa shape index (κ2) is 9.89. The van der Waals surface area contributed by atoms with Crippen molar-refractivity contribution in [3.63, 3.8) is 0 Å². The summed E-state index contributed by atoms with van der Waals surface area (Å²) >= 11 is 0. The van der Waals surface area contributed by atoms with Crippen molar-refractivity contribution < 1.29 is 18.7 Å². The summed E-state index contributed by atoms with van der Waals surface area (Å²) in [7, 11) is 1.45. The van der Waals surface area contributed by atoms with Gasteiger partial charge in [-0.15, -0.1) is 0 Å². The van der Waals surface area contributed by atoms with Crippen molar-refractivity contribution in [1.29, 1.82) is 0 Å². The Labute approximate surface area is 220 Å². The van der Waals surface area contributed by atoms with E-state index in [0.717, 1.165) is 0 Å². The number of carbonyl (C=O) groups is 2. The first kappa shape index (κ1) is 24.1. The molecule has 0 aliphatic carbocycles. The zero-order valence-electron chi connectivity index (χ0n) is 20.7. The monoisotopic (exact) mass is 528 g/mol. The normalized spacial score (nSPS) is 13.6. The number of pyridine rings is 3. The number of tetrazole rings is 1. The molecule has 6 heterocycles. The maximum absolute atomic E-state index is 13.4. The molecule has 1 N–H and O–H groups in total. The number of methoxy groups -OCH3 is 1. The highest BCUT2D eigenvalue weighted by Crippen LogP contribution is 2.34. The molecule has 0 unspecified atom stereocenters. The third-order valence-corrected chi connectivity index (χ3v) is 6.50. The second-order valence-corrected chi connectivity index (χ2v) is 8.68. The number of nitrogens with one attached hydrogen (secondary N) is 1. The Morgan fingerprint density at radius 2 is 1.87 bits per heavy atom. The van der Waals surface area contributed by atoms with Crippen LogP contribution < -0.4 is 9.64 Å². The molecule has 196 valence electrons. The Balaban J connectivity index is 1.23. The number of aromatic amines is 1. The average molecular weight is 529 g/mol. The Bertz CT molecular complexity index is 1660. The van der Waals surface area contributed by atoms with Gasteiger partial charge in [0.1, 0.15) is 5.75 Å². The van der Waals surface area contributed by atoms with Crippen LogP contribution in [0.2, 0.25) is 0 Å². The number of amides is 1. The molecule has 1 aliphatic heterocycles. The summed E-state index contributed by atoms with van der Waals surface area (Å²) in [5.41, 5.74) is 1.63. The van der Waals surface area contributed by atoms with Gasteiger partial charge in [-0.05, 0) is 34.7 Å². The quantitative estimate of drug-likeness (QED) is 0.196. The van der Waals surface area contributed by atoms with Gasteiger partial charge >= 0.3 is 0 Å². The third-order valence-electron chi connectivity index (χ3n) is 6.50. The first-order chi connectivity index (χ1) is 19.0. The molecule has 0 radical (unpaired) electrons. The van der Waals surface area contributed by atoms with Crippen molar-refractivity contribution in [3.05, 3.63) is 66.6 Å². The highest BCUT2D eigenvalue weighted by molar-refractivity contribution is 6.45. The van der Waals surface area contributed by atoms with Crippen LogP contribution >= 0.6 is 0 Å². The highest BCUT2D eigenvalue weighted by Gasteiger charge is 2.31. The number of anilines is 1. The van der Waals surface area contributed by atoms with Gasteiger partial charge in [0.2, 0.25) is 5.95 Å². The van der Waals surface area contributed by atoms with Crippen molar-refractivity contribution in [2.75, 3.05) is 38.2 Å². The summed E-state index contributed by atoms with van der Waals surface area (Å²) in [6, 6.07) is 8.19. The molecule has 0 bridgehead atoms. The number of aromatic nitrogens is 8. The van der Waals surface area contributed by atoms with E-state index in [-0.39, 0.29) is 5.56 Å². The number of nitrogens with zero attached hydrogens (tertiary/aromatic N) is 9. The van der Waals surface area contributed by atoms with Crippen molar-refractivity contribution in [2.24, 2.45) is 0 Å². The molecule has 1 aliphatic rings. The Morgan fingerprint density at radius 3 is 2.59 bits per heavy atom. The van der Waals surface area contributed by atoms with Crippen LogP contribution in [0.4, 0.5) is 10.3 Å². The van der Waals surface area contributed by atoms with Gasteiger partial charge in [0.15, 0.2) is 5.82 Å². The number of piperazine rings is 1. The van der Waals surface area contributed by atoms with E-state index in [1.807, 2.05) is 11.0 Å². The minimum Gasteiger partial charge on any atom is -0.494 e. The van der Waals surface area contributed by atoms with E-state index in [4.69, 9.17) is 4.74 Å². The van der Waals surface area contributed by atoms with E-state index in [9.17, 15) is 14.0 Å². The number of carbonyl (C=O) groups excluding carboxylic acids is 2. The smallest absolute Gasteiger partial charge is 0.295 e.